The van der Waals surface area contributed by atoms with Crippen LogP contribution < -0.4 is 5.32 Å². The van der Waals surface area contributed by atoms with Gasteiger partial charge in [-0.3, -0.25) is 9.48 Å². The Morgan fingerprint density at radius 3 is 2.50 bits per heavy atom. The molecule has 1 N–H and O–H groups in total. The van der Waals surface area contributed by atoms with E-state index in [1.165, 1.54) is 6.33 Å². The molecule has 0 bridgehead atoms. The number of amides is 1. The first kappa shape index (κ1) is 16.4. The van der Waals surface area contributed by atoms with Gasteiger partial charge in [-0.2, -0.15) is 5.10 Å². The zero-order valence-corrected chi connectivity index (χ0v) is 14.2. The molecule has 1 aliphatic heterocycles. The Kier molecular flexibility index (Phi) is 4.70. The number of nitrogens with one attached hydrogen (secondary N) is 1. The van der Waals surface area contributed by atoms with Crippen LogP contribution in [0, 0.1) is 0 Å². The summed E-state index contributed by atoms with van der Waals surface area (Å²) in [5, 5.41) is 7.28. The molecule has 3 aromatic rings. The first-order valence-electron chi connectivity index (χ1n) is 8.59. The van der Waals surface area contributed by atoms with Gasteiger partial charge in [0.15, 0.2) is 0 Å². The molecule has 26 heavy (non-hydrogen) atoms. The molecule has 7 nitrogen and oxygen atoms in total. The maximum absolute atomic E-state index is 12.7. The Bertz CT molecular complexity index is 870. The highest BCUT2D eigenvalue weighted by Crippen LogP contribution is 2.23. The van der Waals surface area contributed by atoms with E-state index in [9.17, 15) is 4.79 Å². The van der Waals surface area contributed by atoms with Crippen molar-refractivity contribution in [2.45, 2.75) is 18.9 Å². The molecule has 1 aliphatic rings. The second-order valence-corrected chi connectivity index (χ2v) is 6.16. The first-order valence-corrected chi connectivity index (χ1v) is 8.59. The SMILES string of the molecule is O=C(Nc1ccc(-c2cncnc2)cc1)c1ccnn1C1CCOCC1. The average Bonchev–Trinajstić information content (AvgIpc) is 3.20. The fourth-order valence-electron chi connectivity index (χ4n) is 3.10. The molecule has 2 aromatic heterocycles. The summed E-state index contributed by atoms with van der Waals surface area (Å²) in [6, 6.07) is 9.57. The van der Waals surface area contributed by atoms with Crippen molar-refractivity contribution < 1.29 is 9.53 Å². The van der Waals surface area contributed by atoms with Crippen LogP contribution in [0.5, 0.6) is 0 Å². The molecule has 0 atom stereocenters. The molecule has 0 spiro atoms. The van der Waals surface area contributed by atoms with E-state index in [-0.39, 0.29) is 11.9 Å². The minimum atomic E-state index is -0.162. The fraction of sp³-hybridized carbons (Fsp3) is 0.263. The number of nitrogens with zero attached hydrogens (tertiary/aromatic N) is 4. The summed E-state index contributed by atoms with van der Waals surface area (Å²) < 4.78 is 7.20. The highest BCUT2D eigenvalue weighted by molar-refractivity contribution is 6.03. The van der Waals surface area contributed by atoms with Crippen LogP contribution in [0.2, 0.25) is 0 Å². The normalized spacial score (nSPS) is 14.9. The number of hydrogen-bond donors (Lipinski definition) is 1. The van der Waals surface area contributed by atoms with Crippen LogP contribution in [0.4, 0.5) is 5.69 Å². The number of anilines is 1. The Morgan fingerprint density at radius 1 is 1.04 bits per heavy atom. The lowest BCUT2D eigenvalue weighted by Crippen LogP contribution is -2.25. The van der Waals surface area contributed by atoms with E-state index in [4.69, 9.17) is 4.74 Å². The van der Waals surface area contributed by atoms with Crippen LogP contribution >= 0.6 is 0 Å². The largest absolute Gasteiger partial charge is 0.381 e. The van der Waals surface area contributed by atoms with Crippen molar-refractivity contribution in [1.82, 2.24) is 19.7 Å². The third kappa shape index (κ3) is 3.48. The molecule has 3 heterocycles. The zero-order valence-electron chi connectivity index (χ0n) is 14.2. The quantitative estimate of drug-likeness (QED) is 0.783. The predicted molar refractivity (Wildman–Crippen MR) is 96.7 cm³/mol. The molecule has 1 aromatic carbocycles. The van der Waals surface area contributed by atoms with Gasteiger partial charge < -0.3 is 10.1 Å². The van der Waals surface area contributed by atoms with Crippen molar-refractivity contribution in [3.63, 3.8) is 0 Å². The van der Waals surface area contributed by atoms with Gasteiger partial charge in [0.2, 0.25) is 0 Å². The van der Waals surface area contributed by atoms with Crippen molar-refractivity contribution in [3.05, 3.63) is 60.9 Å². The molecule has 1 fully saturated rings. The standard InChI is InChI=1S/C19H19N5O2/c25-19(18-5-8-22-24(18)17-6-9-26-10-7-17)23-16-3-1-14(2-4-16)15-11-20-13-21-12-15/h1-5,8,11-13,17H,6-7,9-10H2,(H,23,25). The highest BCUT2D eigenvalue weighted by Gasteiger charge is 2.21. The van der Waals surface area contributed by atoms with E-state index in [0.717, 1.165) is 29.7 Å². The number of rotatable bonds is 4. The van der Waals surface area contributed by atoms with Gasteiger partial charge in [0.1, 0.15) is 12.0 Å². The third-order valence-corrected chi connectivity index (χ3v) is 4.48. The minimum Gasteiger partial charge on any atom is -0.381 e. The van der Waals surface area contributed by atoms with Gasteiger partial charge in [0, 0.05) is 43.1 Å². The molecule has 7 heteroatoms. The monoisotopic (exact) mass is 349 g/mol. The van der Waals surface area contributed by atoms with Gasteiger partial charge in [-0.1, -0.05) is 12.1 Å². The number of carbonyl (C=O) groups is 1. The van der Waals surface area contributed by atoms with Crippen molar-refractivity contribution >= 4 is 11.6 Å². The molecule has 0 radical (unpaired) electrons. The highest BCUT2D eigenvalue weighted by atomic mass is 16.5. The van der Waals surface area contributed by atoms with Gasteiger partial charge in [0.05, 0.1) is 6.04 Å². The van der Waals surface area contributed by atoms with Crippen LogP contribution in [0.3, 0.4) is 0 Å². The van der Waals surface area contributed by atoms with Gasteiger partial charge in [0.25, 0.3) is 5.91 Å². The lowest BCUT2D eigenvalue weighted by Gasteiger charge is -2.23. The first-order chi connectivity index (χ1) is 12.8. The van der Waals surface area contributed by atoms with E-state index < -0.39 is 0 Å². The number of benzene rings is 1. The van der Waals surface area contributed by atoms with Crippen LogP contribution in [0.15, 0.2) is 55.2 Å². The van der Waals surface area contributed by atoms with Crippen LogP contribution in [0.1, 0.15) is 29.4 Å². The summed E-state index contributed by atoms with van der Waals surface area (Å²) in [4.78, 5) is 20.7. The third-order valence-electron chi connectivity index (χ3n) is 4.48. The van der Waals surface area contributed by atoms with E-state index in [2.05, 4.69) is 20.4 Å². The zero-order chi connectivity index (χ0) is 17.8. The van der Waals surface area contributed by atoms with E-state index in [1.54, 1.807) is 24.7 Å². The van der Waals surface area contributed by atoms with Crippen molar-refractivity contribution in [3.8, 4) is 11.1 Å². The second kappa shape index (κ2) is 7.45. The van der Waals surface area contributed by atoms with E-state index >= 15 is 0 Å². The lowest BCUT2D eigenvalue weighted by atomic mass is 10.1. The summed E-state index contributed by atoms with van der Waals surface area (Å²) in [5.41, 5.74) is 3.23. The van der Waals surface area contributed by atoms with Gasteiger partial charge in [-0.25, -0.2) is 9.97 Å². The van der Waals surface area contributed by atoms with E-state index in [1.807, 2.05) is 28.9 Å². The summed E-state index contributed by atoms with van der Waals surface area (Å²) in [6.45, 7) is 1.41. The van der Waals surface area contributed by atoms with Crippen molar-refractivity contribution in [1.29, 1.82) is 0 Å². The minimum absolute atomic E-state index is 0.162. The molecule has 0 saturated carbocycles. The molecule has 1 saturated heterocycles. The number of hydrogen-bond acceptors (Lipinski definition) is 5. The fourth-order valence-corrected chi connectivity index (χ4v) is 3.10. The topological polar surface area (TPSA) is 81.9 Å². The molecule has 1 amide bonds. The van der Waals surface area contributed by atoms with Crippen LogP contribution in [0.25, 0.3) is 11.1 Å². The van der Waals surface area contributed by atoms with Crippen molar-refractivity contribution in [2.75, 3.05) is 18.5 Å². The van der Waals surface area contributed by atoms with Gasteiger partial charge in [-0.15, -0.1) is 0 Å². The molecule has 0 unspecified atom stereocenters. The Hall–Kier alpha value is -3.06. The molecule has 0 aliphatic carbocycles. The van der Waals surface area contributed by atoms with Crippen molar-refractivity contribution in [2.24, 2.45) is 0 Å². The molecule has 132 valence electrons. The maximum Gasteiger partial charge on any atom is 0.273 e. The number of ether oxygens (including phenoxy) is 1. The number of carbonyl (C=O) groups excluding carboxylic acids is 1. The predicted octanol–water partition coefficient (Wildman–Crippen LogP) is 2.94. The number of aromatic nitrogens is 4. The van der Waals surface area contributed by atoms with Crippen LogP contribution in [-0.2, 0) is 4.74 Å². The Morgan fingerprint density at radius 2 is 1.77 bits per heavy atom. The van der Waals surface area contributed by atoms with Crippen LogP contribution in [-0.4, -0.2) is 38.9 Å². The van der Waals surface area contributed by atoms with E-state index in [0.29, 0.717) is 18.9 Å². The maximum atomic E-state index is 12.7. The lowest BCUT2D eigenvalue weighted by molar-refractivity contribution is 0.0647. The Balaban J connectivity index is 1.48. The molecular weight excluding hydrogens is 330 g/mol. The summed E-state index contributed by atoms with van der Waals surface area (Å²) in [7, 11) is 0. The summed E-state index contributed by atoms with van der Waals surface area (Å²) in [6.07, 6.45) is 8.42. The van der Waals surface area contributed by atoms with Gasteiger partial charge in [-0.05, 0) is 36.6 Å². The molecular formula is C19H19N5O2. The summed E-state index contributed by atoms with van der Waals surface area (Å²) in [5.74, 6) is -0.162. The molecule has 4 rings (SSSR count). The van der Waals surface area contributed by atoms with Gasteiger partial charge >= 0.3 is 0 Å². The smallest absolute Gasteiger partial charge is 0.273 e. The second-order valence-electron chi connectivity index (χ2n) is 6.16. The average molecular weight is 349 g/mol. The Labute approximate surface area is 151 Å². The summed E-state index contributed by atoms with van der Waals surface area (Å²) >= 11 is 0.